The summed E-state index contributed by atoms with van der Waals surface area (Å²) in [6.07, 6.45) is 8.96. The Kier molecular flexibility index (Phi) is 7.59. The number of carbonyl (C=O) groups is 1. The fraction of sp³-hybridized carbons (Fsp3) is 0.556. The number of benzene rings is 1. The van der Waals surface area contributed by atoms with Crippen molar-refractivity contribution in [2.75, 3.05) is 19.7 Å². The van der Waals surface area contributed by atoms with E-state index in [1.165, 1.54) is 36.2 Å². The standard InChI is InChI=1S/C27H36N2O3/c1-19-15-20(2)17-22(16-19)26(27(30)31)29-13-12-24(18-29)32-14-6-5-8-23-11-10-21-7-3-4-9-25(21)28-23/h10-11,15-17,24,26H,3-9,12-14,18H2,1-2H3,(H,30,31)/t24-,26?/m1/s1. The molecule has 1 aliphatic carbocycles. The molecule has 0 bridgehead atoms. The summed E-state index contributed by atoms with van der Waals surface area (Å²) in [6, 6.07) is 9.94. The Hall–Kier alpha value is -2.24. The van der Waals surface area contributed by atoms with E-state index in [4.69, 9.17) is 9.72 Å². The van der Waals surface area contributed by atoms with E-state index in [-0.39, 0.29) is 6.10 Å². The topological polar surface area (TPSA) is 62.7 Å². The summed E-state index contributed by atoms with van der Waals surface area (Å²) in [5.41, 5.74) is 7.03. The van der Waals surface area contributed by atoms with Gasteiger partial charge in [-0.2, -0.15) is 0 Å². The number of hydrogen-bond acceptors (Lipinski definition) is 4. The van der Waals surface area contributed by atoms with Crippen LogP contribution in [0, 0.1) is 13.8 Å². The summed E-state index contributed by atoms with van der Waals surface area (Å²) in [4.78, 5) is 19.0. The fourth-order valence-corrected chi connectivity index (χ4v) is 5.23. The molecule has 0 saturated carbocycles. The predicted octanol–water partition coefficient (Wildman–Crippen LogP) is 4.82. The van der Waals surface area contributed by atoms with Gasteiger partial charge in [-0.15, -0.1) is 0 Å². The molecule has 0 radical (unpaired) electrons. The van der Waals surface area contributed by atoms with Gasteiger partial charge in [0.05, 0.1) is 6.10 Å². The molecule has 5 heteroatoms. The number of fused-ring (bicyclic) bond motifs is 1. The van der Waals surface area contributed by atoms with E-state index in [1.54, 1.807) is 0 Å². The molecule has 2 heterocycles. The number of carboxylic acids is 1. The summed E-state index contributed by atoms with van der Waals surface area (Å²) < 4.78 is 6.12. The zero-order chi connectivity index (χ0) is 22.5. The van der Waals surface area contributed by atoms with Crippen molar-refractivity contribution in [3.05, 3.63) is 64.0 Å². The first kappa shape index (κ1) is 22.9. The van der Waals surface area contributed by atoms with Gasteiger partial charge in [-0.3, -0.25) is 14.7 Å². The predicted molar refractivity (Wildman–Crippen MR) is 126 cm³/mol. The van der Waals surface area contributed by atoms with Crippen LogP contribution in [0.4, 0.5) is 0 Å². The molecule has 1 aromatic carbocycles. The van der Waals surface area contributed by atoms with Crippen LogP contribution in [0.5, 0.6) is 0 Å². The average Bonchev–Trinajstić information content (AvgIpc) is 3.20. The first-order valence-electron chi connectivity index (χ1n) is 12.1. The van der Waals surface area contributed by atoms with Crippen molar-refractivity contribution >= 4 is 5.97 Å². The lowest BCUT2D eigenvalue weighted by atomic mass is 9.95. The summed E-state index contributed by atoms with van der Waals surface area (Å²) in [7, 11) is 0. The van der Waals surface area contributed by atoms with Gasteiger partial charge in [-0.05, 0) is 82.4 Å². The highest BCUT2D eigenvalue weighted by Gasteiger charge is 2.34. The second kappa shape index (κ2) is 10.6. The quantitative estimate of drug-likeness (QED) is 0.571. The highest BCUT2D eigenvalue weighted by Crippen LogP contribution is 2.28. The molecule has 1 aromatic heterocycles. The summed E-state index contributed by atoms with van der Waals surface area (Å²) >= 11 is 0. The zero-order valence-corrected chi connectivity index (χ0v) is 19.5. The first-order valence-corrected chi connectivity index (χ1v) is 12.1. The molecule has 1 fully saturated rings. The van der Waals surface area contributed by atoms with E-state index in [1.807, 2.05) is 26.0 Å². The maximum absolute atomic E-state index is 12.1. The van der Waals surface area contributed by atoms with E-state index in [0.717, 1.165) is 61.9 Å². The number of hydrogen-bond donors (Lipinski definition) is 1. The van der Waals surface area contributed by atoms with Gasteiger partial charge in [0.1, 0.15) is 6.04 Å². The number of likely N-dealkylation sites (tertiary alicyclic amines) is 1. The third kappa shape index (κ3) is 5.76. The van der Waals surface area contributed by atoms with E-state index in [2.05, 4.69) is 23.1 Å². The van der Waals surface area contributed by atoms with Gasteiger partial charge in [-0.25, -0.2) is 0 Å². The molecule has 32 heavy (non-hydrogen) atoms. The highest BCUT2D eigenvalue weighted by atomic mass is 16.5. The van der Waals surface area contributed by atoms with Gasteiger partial charge in [0.25, 0.3) is 0 Å². The Morgan fingerprint density at radius 1 is 1.16 bits per heavy atom. The van der Waals surface area contributed by atoms with Crippen molar-refractivity contribution in [1.82, 2.24) is 9.88 Å². The molecule has 5 nitrogen and oxygen atoms in total. The lowest BCUT2D eigenvalue weighted by Gasteiger charge is -2.25. The number of nitrogens with zero attached hydrogens (tertiary/aromatic N) is 2. The van der Waals surface area contributed by atoms with Crippen LogP contribution in [0.25, 0.3) is 0 Å². The minimum absolute atomic E-state index is 0.115. The maximum Gasteiger partial charge on any atom is 0.325 e. The first-order chi connectivity index (χ1) is 15.5. The molecular formula is C27H36N2O3. The second-order valence-electron chi connectivity index (χ2n) is 9.51. The molecule has 1 N–H and O–H groups in total. The monoisotopic (exact) mass is 436 g/mol. The number of pyridine rings is 1. The molecule has 172 valence electrons. The molecule has 2 aliphatic rings. The lowest BCUT2D eigenvalue weighted by molar-refractivity contribution is -0.143. The molecule has 1 aliphatic heterocycles. The second-order valence-corrected chi connectivity index (χ2v) is 9.51. The van der Waals surface area contributed by atoms with E-state index < -0.39 is 12.0 Å². The Labute approximate surface area is 191 Å². The summed E-state index contributed by atoms with van der Waals surface area (Å²) in [5.74, 6) is -0.784. The van der Waals surface area contributed by atoms with E-state index in [9.17, 15) is 9.90 Å². The Morgan fingerprint density at radius 2 is 1.94 bits per heavy atom. The molecule has 2 aromatic rings. The molecule has 2 atom stereocenters. The largest absolute Gasteiger partial charge is 0.480 e. The van der Waals surface area contributed by atoms with Crippen molar-refractivity contribution in [2.45, 2.75) is 77.4 Å². The van der Waals surface area contributed by atoms with Crippen LogP contribution in [0.3, 0.4) is 0 Å². The molecular weight excluding hydrogens is 400 g/mol. The average molecular weight is 437 g/mol. The van der Waals surface area contributed by atoms with Gasteiger partial charge >= 0.3 is 5.97 Å². The van der Waals surface area contributed by atoms with Gasteiger partial charge in [0, 0.05) is 31.1 Å². The van der Waals surface area contributed by atoms with Crippen molar-refractivity contribution in [3.8, 4) is 0 Å². The van der Waals surface area contributed by atoms with Crippen molar-refractivity contribution in [1.29, 1.82) is 0 Å². The number of aromatic nitrogens is 1. The Morgan fingerprint density at radius 3 is 2.72 bits per heavy atom. The van der Waals surface area contributed by atoms with Crippen LogP contribution >= 0.6 is 0 Å². The van der Waals surface area contributed by atoms with Gasteiger partial charge in [-0.1, -0.05) is 35.4 Å². The number of carboxylic acid groups (broad SMARTS) is 1. The lowest BCUT2D eigenvalue weighted by Crippen LogP contribution is -2.33. The normalized spacial score (nSPS) is 19.6. The SMILES string of the molecule is Cc1cc(C)cc(C(C(=O)O)N2CC[C@@H](OCCCCc3ccc4c(n3)CCCC4)C2)c1. The van der Waals surface area contributed by atoms with Crippen LogP contribution in [-0.2, 0) is 28.8 Å². The Bertz CT molecular complexity index is 922. The molecule has 0 spiro atoms. The molecule has 1 saturated heterocycles. The van der Waals surface area contributed by atoms with Gasteiger partial charge < -0.3 is 9.84 Å². The van der Waals surface area contributed by atoms with Crippen molar-refractivity contribution in [3.63, 3.8) is 0 Å². The van der Waals surface area contributed by atoms with Gasteiger partial charge in [0.2, 0.25) is 0 Å². The third-order valence-electron chi connectivity index (χ3n) is 6.75. The van der Waals surface area contributed by atoms with Crippen LogP contribution in [0.2, 0.25) is 0 Å². The van der Waals surface area contributed by atoms with Crippen molar-refractivity contribution < 1.29 is 14.6 Å². The van der Waals surface area contributed by atoms with Crippen LogP contribution in [0.1, 0.15) is 71.8 Å². The maximum atomic E-state index is 12.1. The van der Waals surface area contributed by atoms with Gasteiger partial charge in [0.15, 0.2) is 0 Å². The number of unbranched alkanes of at least 4 members (excludes halogenated alkanes) is 1. The van der Waals surface area contributed by atoms with Crippen LogP contribution < -0.4 is 0 Å². The number of aryl methyl sites for hydroxylation is 5. The molecule has 0 amide bonds. The minimum atomic E-state index is -0.784. The number of aliphatic carboxylic acids is 1. The highest BCUT2D eigenvalue weighted by molar-refractivity contribution is 5.75. The summed E-state index contributed by atoms with van der Waals surface area (Å²) in [5, 5.41) is 9.89. The van der Waals surface area contributed by atoms with Crippen LogP contribution in [-0.4, -0.2) is 46.8 Å². The third-order valence-corrected chi connectivity index (χ3v) is 6.75. The molecule has 1 unspecified atom stereocenters. The Balaban J connectivity index is 1.22. The summed E-state index contributed by atoms with van der Waals surface area (Å²) in [6.45, 7) is 6.20. The van der Waals surface area contributed by atoms with Crippen LogP contribution in [0.15, 0.2) is 30.3 Å². The fourth-order valence-electron chi connectivity index (χ4n) is 5.23. The van der Waals surface area contributed by atoms with E-state index in [0.29, 0.717) is 6.54 Å². The minimum Gasteiger partial charge on any atom is -0.480 e. The number of ether oxygens (including phenoxy) is 1. The molecule has 4 rings (SSSR count). The van der Waals surface area contributed by atoms with E-state index >= 15 is 0 Å². The smallest absolute Gasteiger partial charge is 0.325 e. The zero-order valence-electron chi connectivity index (χ0n) is 19.5. The van der Waals surface area contributed by atoms with Crippen molar-refractivity contribution in [2.24, 2.45) is 0 Å². The number of rotatable bonds is 9.